The second-order valence-electron chi connectivity index (χ2n) is 4.13. The van der Waals surface area contributed by atoms with Crippen molar-refractivity contribution in [3.8, 4) is 5.88 Å². The van der Waals surface area contributed by atoms with Crippen LogP contribution >= 0.6 is 15.9 Å². The summed E-state index contributed by atoms with van der Waals surface area (Å²) in [6.07, 6.45) is 2.62. The molecule has 0 aliphatic rings. The summed E-state index contributed by atoms with van der Waals surface area (Å²) < 4.78 is 6.21. The summed E-state index contributed by atoms with van der Waals surface area (Å²) in [6, 6.07) is 2.05. The minimum atomic E-state index is 0.0375. The van der Waals surface area contributed by atoms with Gasteiger partial charge in [-0.2, -0.15) is 0 Å². The van der Waals surface area contributed by atoms with E-state index in [1.807, 2.05) is 13.1 Å². The molecule has 1 aromatic rings. The minimum Gasteiger partial charge on any atom is -0.481 e. The summed E-state index contributed by atoms with van der Waals surface area (Å²) in [6.45, 7) is 4.29. The first-order valence-electron chi connectivity index (χ1n) is 4.86. The Balaban J connectivity index is 2.97. The highest BCUT2D eigenvalue weighted by Crippen LogP contribution is 2.23. The fourth-order valence-electron chi connectivity index (χ4n) is 1.34. The number of rotatable bonds is 4. The predicted molar refractivity (Wildman–Crippen MR) is 65.3 cm³/mol. The number of hydrogen-bond donors (Lipinski definition) is 1. The van der Waals surface area contributed by atoms with Gasteiger partial charge < -0.3 is 10.1 Å². The molecule has 84 valence electrons. The van der Waals surface area contributed by atoms with E-state index >= 15 is 0 Å². The third-order valence-corrected chi connectivity index (χ3v) is 2.83. The first-order valence-corrected chi connectivity index (χ1v) is 5.65. The number of nitrogens with zero attached hydrogens (tertiary/aromatic N) is 1. The molecule has 3 nitrogen and oxygen atoms in total. The smallest absolute Gasteiger partial charge is 0.216 e. The molecule has 0 bridgehead atoms. The van der Waals surface area contributed by atoms with E-state index in [2.05, 4.69) is 40.1 Å². The molecule has 1 N–H and O–H groups in total. The Labute approximate surface area is 99.4 Å². The molecule has 0 radical (unpaired) electrons. The first-order chi connectivity index (χ1) is 6.98. The average molecular weight is 273 g/mol. The topological polar surface area (TPSA) is 34.2 Å². The van der Waals surface area contributed by atoms with Crippen LogP contribution in [0.5, 0.6) is 5.88 Å². The predicted octanol–water partition coefficient (Wildman–Crippen LogP) is 2.39. The van der Waals surface area contributed by atoms with Gasteiger partial charge in [0.25, 0.3) is 0 Å². The van der Waals surface area contributed by atoms with E-state index in [0.29, 0.717) is 5.88 Å². The molecule has 0 fully saturated rings. The summed E-state index contributed by atoms with van der Waals surface area (Å²) in [7, 11) is 3.60. The molecular weight excluding hydrogens is 256 g/mol. The van der Waals surface area contributed by atoms with Crippen LogP contribution in [0.2, 0.25) is 0 Å². The average Bonchev–Trinajstić information content (AvgIpc) is 2.18. The normalized spacial score (nSPS) is 11.5. The third kappa shape index (κ3) is 3.47. The van der Waals surface area contributed by atoms with E-state index < -0.39 is 0 Å². The quantitative estimate of drug-likeness (QED) is 0.914. The van der Waals surface area contributed by atoms with Gasteiger partial charge in [0.2, 0.25) is 5.88 Å². The number of likely N-dealkylation sites (N-methyl/N-ethyl adjacent to an activating group) is 1. The molecule has 1 heterocycles. The zero-order chi connectivity index (χ0) is 11.5. The van der Waals surface area contributed by atoms with Crippen LogP contribution in [0, 0.1) is 0 Å². The van der Waals surface area contributed by atoms with E-state index in [-0.39, 0.29) is 5.54 Å². The van der Waals surface area contributed by atoms with E-state index in [9.17, 15) is 0 Å². The highest BCUT2D eigenvalue weighted by Gasteiger charge is 2.18. The van der Waals surface area contributed by atoms with Gasteiger partial charge in [-0.3, -0.25) is 0 Å². The second kappa shape index (κ2) is 4.94. The molecule has 0 saturated heterocycles. The van der Waals surface area contributed by atoms with Gasteiger partial charge in [-0.15, -0.1) is 0 Å². The van der Waals surface area contributed by atoms with Gasteiger partial charge in [-0.1, -0.05) is 0 Å². The van der Waals surface area contributed by atoms with Gasteiger partial charge in [0, 0.05) is 21.8 Å². The number of methoxy groups -OCH3 is 1. The van der Waals surface area contributed by atoms with Gasteiger partial charge in [-0.25, -0.2) is 4.98 Å². The SMILES string of the molecule is CNC(C)(C)Cc1cc(Br)cnc1OC. The lowest BCUT2D eigenvalue weighted by molar-refractivity contribution is 0.374. The summed E-state index contributed by atoms with van der Waals surface area (Å²) in [5, 5.41) is 3.26. The van der Waals surface area contributed by atoms with Gasteiger partial charge in [0.1, 0.15) is 0 Å². The van der Waals surface area contributed by atoms with Crippen LogP contribution in [-0.4, -0.2) is 24.7 Å². The van der Waals surface area contributed by atoms with Crippen molar-refractivity contribution in [3.63, 3.8) is 0 Å². The van der Waals surface area contributed by atoms with Crippen molar-refractivity contribution in [3.05, 3.63) is 22.3 Å². The van der Waals surface area contributed by atoms with E-state index in [1.165, 1.54) is 0 Å². The van der Waals surface area contributed by atoms with Gasteiger partial charge in [0.05, 0.1) is 7.11 Å². The fraction of sp³-hybridized carbons (Fsp3) is 0.545. The molecule has 4 heteroatoms. The zero-order valence-electron chi connectivity index (χ0n) is 9.60. The number of ether oxygens (including phenoxy) is 1. The summed E-state index contributed by atoms with van der Waals surface area (Å²) in [5.74, 6) is 0.696. The molecule has 0 aliphatic carbocycles. The highest BCUT2D eigenvalue weighted by molar-refractivity contribution is 9.10. The minimum absolute atomic E-state index is 0.0375. The fourth-order valence-corrected chi connectivity index (χ4v) is 1.72. The van der Waals surface area contributed by atoms with Crippen molar-refractivity contribution in [2.75, 3.05) is 14.2 Å². The van der Waals surface area contributed by atoms with Crippen LogP contribution in [0.25, 0.3) is 0 Å². The second-order valence-corrected chi connectivity index (χ2v) is 5.05. The lowest BCUT2D eigenvalue weighted by Crippen LogP contribution is -2.38. The standard InChI is InChI=1S/C11H17BrN2O/c1-11(2,13-3)6-8-5-9(12)7-14-10(8)15-4/h5,7,13H,6H2,1-4H3. The van der Waals surface area contributed by atoms with Crippen LogP contribution in [0.4, 0.5) is 0 Å². The third-order valence-electron chi connectivity index (χ3n) is 2.39. The molecule has 0 amide bonds. The Kier molecular flexibility index (Phi) is 4.11. The molecule has 15 heavy (non-hydrogen) atoms. The molecule has 1 rings (SSSR count). The Morgan fingerprint density at radius 3 is 2.73 bits per heavy atom. The van der Waals surface area contributed by atoms with Gasteiger partial charge in [-0.05, 0) is 49.3 Å². The van der Waals surface area contributed by atoms with E-state index in [1.54, 1.807) is 13.3 Å². The number of hydrogen-bond acceptors (Lipinski definition) is 3. The van der Waals surface area contributed by atoms with Crippen molar-refractivity contribution in [1.82, 2.24) is 10.3 Å². The van der Waals surface area contributed by atoms with E-state index in [4.69, 9.17) is 4.74 Å². The maximum Gasteiger partial charge on any atom is 0.216 e. The van der Waals surface area contributed by atoms with Crippen LogP contribution < -0.4 is 10.1 Å². The number of nitrogens with one attached hydrogen (secondary N) is 1. The van der Waals surface area contributed by atoms with Crippen molar-refractivity contribution in [2.24, 2.45) is 0 Å². The van der Waals surface area contributed by atoms with Crippen molar-refractivity contribution in [2.45, 2.75) is 25.8 Å². The van der Waals surface area contributed by atoms with E-state index in [0.717, 1.165) is 16.5 Å². The molecule has 0 aromatic carbocycles. The molecule has 1 aromatic heterocycles. The van der Waals surface area contributed by atoms with Crippen LogP contribution in [-0.2, 0) is 6.42 Å². The van der Waals surface area contributed by atoms with Gasteiger partial charge in [0.15, 0.2) is 0 Å². The van der Waals surface area contributed by atoms with Crippen LogP contribution in [0.15, 0.2) is 16.7 Å². The maximum atomic E-state index is 5.23. The molecule has 0 spiro atoms. The number of pyridine rings is 1. The Morgan fingerprint density at radius 2 is 2.20 bits per heavy atom. The highest BCUT2D eigenvalue weighted by atomic mass is 79.9. The summed E-state index contributed by atoms with van der Waals surface area (Å²) in [4.78, 5) is 4.22. The van der Waals surface area contributed by atoms with Crippen LogP contribution in [0.3, 0.4) is 0 Å². The van der Waals surface area contributed by atoms with Crippen LogP contribution in [0.1, 0.15) is 19.4 Å². The molecule has 0 unspecified atom stereocenters. The molecule has 0 saturated carbocycles. The monoisotopic (exact) mass is 272 g/mol. The molecular formula is C11H17BrN2O. The van der Waals surface area contributed by atoms with Crippen molar-refractivity contribution in [1.29, 1.82) is 0 Å². The largest absolute Gasteiger partial charge is 0.481 e. The maximum absolute atomic E-state index is 5.23. The van der Waals surface area contributed by atoms with Crippen molar-refractivity contribution >= 4 is 15.9 Å². The van der Waals surface area contributed by atoms with Gasteiger partial charge >= 0.3 is 0 Å². The Bertz CT molecular complexity index is 339. The Morgan fingerprint density at radius 1 is 1.53 bits per heavy atom. The number of aromatic nitrogens is 1. The Hall–Kier alpha value is -0.610. The molecule has 0 atom stereocenters. The first kappa shape index (κ1) is 12.5. The summed E-state index contributed by atoms with van der Waals surface area (Å²) >= 11 is 3.42. The molecule has 0 aliphatic heterocycles. The lowest BCUT2D eigenvalue weighted by atomic mass is 9.96. The van der Waals surface area contributed by atoms with Crippen molar-refractivity contribution < 1.29 is 4.74 Å². The summed E-state index contributed by atoms with van der Waals surface area (Å²) in [5.41, 5.74) is 1.14. The lowest BCUT2D eigenvalue weighted by Gasteiger charge is -2.24. The number of halogens is 1. The zero-order valence-corrected chi connectivity index (χ0v) is 11.2.